The molecule has 0 amide bonds. The van der Waals surface area contributed by atoms with Gasteiger partial charge in [0.2, 0.25) is 0 Å². The third kappa shape index (κ3) is 3.07. The molecule has 6 heteroatoms. The Morgan fingerprint density at radius 2 is 1.86 bits per heavy atom. The summed E-state index contributed by atoms with van der Waals surface area (Å²) >= 11 is 0. The molecule has 28 heavy (non-hydrogen) atoms. The number of aliphatic hydroxyl groups is 2. The molecule has 2 bridgehead atoms. The summed E-state index contributed by atoms with van der Waals surface area (Å²) in [5.41, 5.74) is -1.03. The number of allylic oxidation sites excluding steroid dienone is 2. The lowest BCUT2D eigenvalue weighted by molar-refractivity contribution is -0.194. The van der Waals surface area contributed by atoms with Crippen LogP contribution in [0.25, 0.3) is 0 Å². The molecule has 0 heterocycles. The molecule has 0 saturated heterocycles. The highest BCUT2D eigenvalue weighted by atomic mass is 16.5. The molecule has 1 saturated carbocycles. The Bertz CT molecular complexity index is 763. The SMILES string of the molecule is C=C1C(=O)C2=C[C@H]1CCC(=O)[C@@]1(C)C(C[C@H]2O)C(C)(C)[C@@H](OC(C)=O)C[C@@H]1O. The molecule has 0 aromatic carbocycles. The number of hydrogen-bond donors (Lipinski definition) is 2. The Balaban J connectivity index is 2.07. The van der Waals surface area contributed by atoms with E-state index >= 15 is 0 Å². The van der Waals surface area contributed by atoms with Crippen LogP contribution in [-0.2, 0) is 19.1 Å². The molecule has 2 N–H and O–H groups in total. The van der Waals surface area contributed by atoms with Gasteiger partial charge >= 0.3 is 5.97 Å². The third-order valence-electron chi connectivity index (χ3n) is 7.37. The molecule has 0 spiro atoms. The van der Waals surface area contributed by atoms with Gasteiger partial charge in [-0.25, -0.2) is 0 Å². The van der Waals surface area contributed by atoms with Gasteiger partial charge in [-0.05, 0) is 31.3 Å². The van der Waals surface area contributed by atoms with Gasteiger partial charge in [0.15, 0.2) is 5.78 Å². The highest BCUT2D eigenvalue weighted by Gasteiger charge is 2.60. The van der Waals surface area contributed by atoms with E-state index in [4.69, 9.17) is 4.74 Å². The highest BCUT2D eigenvalue weighted by Crippen LogP contribution is 2.56. The summed E-state index contributed by atoms with van der Waals surface area (Å²) in [6.45, 7) is 10.7. The quantitative estimate of drug-likeness (QED) is 0.525. The van der Waals surface area contributed by atoms with Crippen molar-refractivity contribution in [3.05, 3.63) is 23.8 Å². The van der Waals surface area contributed by atoms with Crippen LogP contribution in [0.2, 0.25) is 0 Å². The normalized spacial score (nSPS) is 40.6. The Hall–Kier alpha value is -1.79. The minimum atomic E-state index is -1.09. The first-order valence-corrected chi connectivity index (χ1v) is 9.92. The molecule has 3 aliphatic rings. The first-order chi connectivity index (χ1) is 12.9. The molecule has 0 aliphatic heterocycles. The van der Waals surface area contributed by atoms with Crippen LogP contribution in [0.3, 0.4) is 0 Å². The van der Waals surface area contributed by atoms with E-state index in [0.717, 1.165) is 0 Å². The van der Waals surface area contributed by atoms with Crippen LogP contribution in [-0.4, -0.2) is 46.1 Å². The van der Waals surface area contributed by atoms with Crippen molar-refractivity contribution in [3.63, 3.8) is 0 Å². The maximum Gasteiger partial charge on any atom is 0.302 e. The number of esters is 1. The molecular formula is C22H30O6. The molecule has 0 aromatic rings. The number of fused-ring (bicyclic) bond motifs is 2. The molecule has 1 unspecified atom stereocenters. The maximum absolute atomic E-state index is 13.3. The van der Waals surface area contributed by atoms with E-state index in [-0.39, 0.29) is 36.7 Å². The van der Waals surface area contributed by atoms with Gasteiger partial charge < -0.3 is 14.9 Å². The molecule has 3 aliphatic carbocycles. The van der Waals surface area contributed by atoms with Crippen LogP contribution in [0, 0.1) is 22.7 Å². The smallest absolute Gasteiger partial charge is 0.302 e. The summed E-state index contributed by atoms with van der Waals surface area (Å²) in [4.78, 5) is 37.5. The van der Waals surface area contributed by atoms with Crippen molar-refractivity contribution in [2.75, 3.05) is 0 Å². The van der Waals surface area contributed by atoms with E-state index in [0.29, 0.717) is 17.6 Å². The van der Waals surface area contributed by atoms with E-state index in [1.165, 1.54) is 6.92 Å². The molecule has 3 rings (SSSR count). The van der Waals surface area contributed by atoms with Crippen LogP contribution in [0.5, 0.6) is 0 Å². The summed E-state index contributed by atoms with van der Waals surface area (Å²) < 4.78 is 5.48. The fourth-order valence-corrected chi connectivity index (χ4v) is 5.48. The predicted molar refractivity (Wildman–Crippen MR) is 102 cm³/mol. The van der Waals surface area contributed by atoms with Crippen LogP contribution < -0.4 is 0 Å². The maximum atomic E-state index is 13.3. The monoisotopic (exact) mass is 390 g/mol. The van der Waals surface area contributed by atoms with Gasteiger partial charge in [0.25, 0.3) is 0 Å². The number of ether oxygens (including phenoxy) is 1. The fraction of sp³-hybridized carbons (Fsp3) is 0.682. The van der Waals surface area contributed by atoms with Crippen molar-refractivity contribution in [1.29, 1.82) is 0 Å². The van der Waals surface area contributed by atoms with Crippen molar-refractivity contribution in [1.82, 2.24) is 0 Å². The largest absolute Gasteiger partial charge is 0.462 e. The number of ketones is 2. The second-order valence-electron chi connectivity index (χ2n) is 9.30. The van der Waals surface area contributed by atoms with Crippen molar-refractivity contribution in [3.8, 4) is 0 Å². The number of Topliss-reactive ketones (excluding diaryl/α,β-unsaturated/α-hetero) is 2. The van der Waals surface area contributed by atoms with Crippen molar-refractivity contribution in [2.24, 2.45) is 22.7 Å². The zero-order chi connectivity index (χ0) is 21.0. The lowest BCUT2D eigenvalue weighted by atomic mass is 9.50. The summed E-state index contributed by atoms with van der Waals surface area (Å²) in [5.74, 6) is -1.51. The lowest BCUT2D eigenvalue weighted by Gasteiger charge is -2.56. The lowest BCUT2D eigenvalue weighted by Crippen LogP contribution is -2.61. The first-order valence-electron chi connectivity index (χ1n) is 9.92. The molecule has 0 aromatic heterocycles. The topological polar surface area (TPSA) is 101 Å². The van der Waals surface area contributed by atoms with Gasteiger partial charge in [-0.1, -0.05) is 26.5 Å². The van der Waals surface area contributed by atoms with Crippen molar-refractivity contribution in [2.45, 2.75) is 71.7 Å². The molecule has 0 radical (unpaired) electrons. The Labute approximate surface area is 165 Å². The molecule has 154 valence electrons. The van der Waals surface area contributed by atoms with Gasteiger partial charge in [-0.3, -0.25) is 14.4 Å². The van der Waals surface area contributed by atoms with E-state index in [9.17, 15) is 24.6 Å². The van der Waals surface area contributed by atoms with Crippen LogP contribution in [0.1, 0.15) is 53.4 Å². The van der Waals surface area contributed by atoms with Gasteiger partial charge in [-0.15, -0.1) is 0 Å². The molecule has 1 fully saturated rings. The minimum Gasteiger partial charge on any atom is -0.462 e. The van der Waals surface area contributed by atoms with Gasteiger partial charge in [-0.2, -0.15) is 0 Å². The molecule has 6 atom stereocenters. The van der Waals surface area contributed by atoms with E-state index in [2.05, 4.69) is 6.58 Å². The average Bonchev–Trinajstić information content (AvgIpc) is 2.88. The summed E-state index contributed by atoms with van der Waals surface area (Å²) in [6.07, 6.45) is 0.0306. The molecule has 6 nitrogen and oxygen atoms in total. The molecular weight excluding hydrogens is 360 g/mol. The van der Waals surface area contributed by atoms with Crippen molar-refractivity contribution >= 4 is 17.5 Å². The van der Waals surface area contributed by atoms with E-state index in [1.807, 2.05) is 13.8 Å². The standard InChI is InChI=1S/C22H30O6/c1-11-13-6-7-17(25)22(5)16(9-15(24)14(8-13)20(11)27)21(3,4)19(10-18(22)26)28-12(2)23/h8,13,15-16,18-19,24,26H,1,6-7,9-10H2,2-5H3/t13-,15-,16?,18+,19+,22-/m1/s1. The van der Waals surface area contributed by atoms with Gasteiger partial charge in [0.05, 0.1) is 17.6 Å². The fourth-order valence-electron chi connectivity index (χ4n) is 5.48. The highest BCUT2D eigenvalue weighted by molar-refractivity contribution is 6.11. The van der Waals surface area contributed by atoms with Gasteiger partial charge in [0.1, 0.15) is 11.9 Å². The Morgan fingerprint density at radius 3 is 2.46 bits per heavy atom. The third-order valence-corrected chi connectivity index (χ3v) is 7.37. The van der Waals surface area contributed by atoms with Crippen molar-refractivity contribution < 1.29 is 29.3 Å². The number of aliphatic hydroxyl groups excluding tert-OH is 2. The summed E-state index contributed by atoms with van der Waals surface area (Å²) in [7, 11) is 0. The first kappa shape index (κ1) is 20.9. The number of rotatable bonds is 1. The number of carbonyl (C=O) groups excluding carboxylic acids is 3. The predicted octanol–water partition coefficient (Wildman–Crippen LogP) is 2.13. The van der Waals surface area contributed by atoms with Crippen LogP contribution in [0.4, 0.5) is 0 Å². The van der Waals surface area contributed by atoms with Crippen LogP contribution in [0.15, 0.2) is 23.8 Å². The van der Waals surface area contributed by atoms with Crippen LogP contribution >= 0.6 is 0 Å². The second kappa shape index (κ2) is 6.92. The Morgan fingerprint density at radius 1 is 1.21 bits per heavy atom. The van der Waals surface area contributed by atoms with E-state index in [1.54, 1.807) is 13.0 Å². The summed E-state index contributed by atoms with van der Waals surface area (Å²) in [5, 5.41) is 21.9. The summed E-state index contributed by atoms with van der Waals surface area (Å²) in [6, 6.07) is 0. The Kier molecular flexibility index (Phi) is 5.17. The number of hydrogen-bond acceptors (Lipinski definition) is 6. The average molecular weight is 390 g/mol. The van der Waals surface area contributed by atoms with E-state index < -0.39 is 41.0 Å². The van der Waals surface area contributed by atoms with Gasteiger partial charge in [0, 0.05) is 36.7 Å². The second-order valence-corrected chi connectivity index (χ2v) is 9.30. The zero-order valence-corrected chi connectivity index (χ0v) is 17.0. The zero-order valence-electron chi connectivity index (χ0n) is 17.0. The number of carbonyl (C=O) groups is 3. The minimum absolute atomic E-state index is 0.0875.